The van der Waals surface area contributed by atoms with E-state index in [4.69, 9.17) is 9.47 Å². The highest BCUT2D eigenvalue weighted by Crippen LogP contribution is 2.15. The molecule has 1 heterocycles. The van der Waals surface area contributed by atoms with E-state index in [2.05, 4.69) is 10.2 Å². The summed E-state index contributed by atoms with van der Waals surface area (Å²) in [6.45, 7) is 4.65. The van der Waals surface area contributed by atoms with Crippen LogP contribution in [0.25, 0.3) is 0 Å². The third-order valence-electron chi connectivity index (χ3n) is 4.57. The van der Waals surface area contributed by atoms with E-state index in [1.807, 2.05) is 24.3 Å². The van der Waals surface area contributed by atoms with Crippen LogP contribution in [0.1, 0.15) is 11.1 Å². The van der Waals surface area contributed by atoms with Gasteiger partial charge in [-0.1, -0.05) is 18.2 Å². The van der Waals surface area contributed by atoms with E-state index in [1.54, 1.807) is 0 Å². The Morgan fingerprint density at radius 1 is 1.11 bits per heavy atom. The molecule has 2 N–H and O–H groups in total. The molecule has 0 bridgehead atoms. The number of morpholine rings is 1. The molecule has 2 aromatic rings. The van der Waals surface area contributed by atoms with Crippen LogP contribution >= 0.6 is 0 Å². The van der Waals surface area contributed by atoms with Crippen molar-refractivity contribution in [2.45, 2.75) is 19.2 Å². The Morgan fingerprint density at radius 3 is 2.71 bits per heavy atom. The molecule has 5 nitrogen and oxygen atoms in total. The van der Waals surface area contributed by atoms with E-state index >= 15 is 0 Å². The molecule has 0 aromatic heterocycles. The Morgan fingerprint density at radius 2 is 1.93 bits per heavy atom. The second-order valence-electron chi connectivity index (χ2n) is 6.86. The molecule has 0 radical (unpaired) electrons. The maximum Gasteiger partial charge on any atom is 0.130 e. The number of halogens is 2. The first kappa shape index (κ1) is 20.7. The van der Waals surface area contributed by atoms with Crippen molar-refractivity contribution in [1.82, 2.24) is 10.2 Å². The first-order valence-electron chi connectivity index (χ1n) is 9.45. The molecular formula is C21H26F2N2O3. The summed E-state index contributed by atoms with van der Waals surface area (Å²) < 4.78 is 37.6. The van der Waals surface area contributed by atoms with Gasteiger partial charge in [0.25, 0.3) is 0 Å². The van der Waals surface area contributed by atoms with Crippen molar-refractivity contribution >= 4 is 0 Å². The summed E-state index contributed by atoms with van der Waals surface area (Å²) in [5.74, 6) is -0.464. The van der Waals surface area contributed by atoms with Gasteiger partial charge in [-0.05, 0) is 23.8 Å². The van der Waals surface area contributed by atoms with E-state index in [0.29, 0.717) is 44.2 Å². The highest BCUT2D eigenvalue weighted by atomic mass is 19.1. The van der Waals surface area contributed by atoms with Crippen molar-refractivity contribution in [2.75, 3.05) is 39.5 Å². The van der Waals surface area contributed by atoms with Crippen LogP contribution in [0.4, 0.5) is 8.78 Å². The second kappa shape index (κ2) is 10.5. The predicted molar refractivity (Wildman–Crippen MR) is 102 cm³/mol. The van der Waals surface area contributed by atoms with Crippen molar-refractivity contribution < 1.29 is 23.4 Å². The van der Waals surface area contributed by atoms with E-state index in [-0.39, 0.29) is 6.61 Å². The van der Waals surface area contributed by atoms with Crippen LogP contribution in [0.2, 0.25) is 0 Å². The summed E-state index contributed by atoms with van der Waals surface area (Å²) in [7, 11) is 0. The Labute approximate surface area is 163 Å². The minimum Gasteiger partial charge on any atom is -0.491 e. The number of hydrogen-bond donors (Lipinski definition) is 2. The lowest BCUT2D eigenvalue weighted by molar-refractivity contribution is 0.00465. The summed E-state index contributed by atoms with van der Waals surface area (Å²) >= 11 is 0. The van der Waals surface area contributed by atoms with Crippen LogP contribution in [0.5, 0.6) is 5.75 Å². The number of benzene rings is 2. The van der Waals surface area contributed by atoms with E-state index in [1.165, 1.54) is 12.1 Å². The van der Waals surface area contributed by atoms with Crippen molar-refractivity contribution in [2.24, 2.45) is 0 Å². The molecule has 152 valence electrons. The first-order valence-corrected chi connectivity index (χ1v) is 9.45. The number of nitrogens with zero attached hydrogens (tertiary/aromatic N) is 1. The monoisotopic (exact) mass is 392 g/mol. The predicted octanol–water partition coefficient (Wildman–Crippen LogP) is 2.33. The molecule has 1 fully saturated rings. The topological polar surface area (TPSA) is 54.0 Å². The lowest BCUT2D eigenvalue weighted by Crippen LogP contribution is -2.42. The average molecular weight is 392 g/mol. The molecule has 0 amide bonds. The first-order chi connectivity index (χ1) is 13.6. The van der Waals surface area contributed by atoms with Crippen LogP contribution in [-0.2, 0) is 17.8 Å². The molecule has 3 rings (SSSR count). The Kier molecular flexibility index (Phi) is 7.73. The van der Waals surface area contributed by atoms with Crippen LogP contribution < -0.4 is 10.1 Å². The quantitative estimate of drug-likeness (QED) is 0.686. The summed E-state index contributed by atoms with van der Waals surface area (Å²) in [5, 5.41) is 13.3. The lowest BCUT2D eigenvalue weighted by atomic mass is 10.2. The molecule has 7 heteroatoms. The maximum absolute atomic E-state index is 13.7. The molecule has 28 heavy (non-hydrogen) atoms. The number of β-amino-alcohol motifs (C(OH)–C–C–N with tert-alkyl or cyclic N) is 1. The van der Waals surface area contributed by atoms with Crippen LogP contribution in [-0.4, -0.2) is 55.6 Å². The highest BCUT2D eigenvalue weighted by Gasteiger charge is 2.15. The molecule has 1 aliphatic heterocycles. The fraction of sp³-hybridized carbons (Fsp3) is 0.429. The zero-order valence-corrected chi connectivity index (χ0v) is 15.7. The number of hydrogen-bond acceptors (Lipinski definition) is 5. The van der Waals surface area contributed by atoms with Gasteiger partial charge in [0.1, 0.15) is 30.1 Å². The largest absolute Gasteiger partial charge is 0.491 e. The third kappa shape index (κ3) is 6.53. The summed E-state index contributed by atoms with van der Waals surface area (Å²) in [5.41, 5.74) is 1.39. The Balaban J connectivity index is 1.43. The lowest BCUT2D eigenvalue weighted by Gasteiger charge is -2.28. The van der Waals surface area contributed by atoms with Gasteiger partial charge in [0, 0.05) is 44.4 Å². The molecule has 0 aliphatic carbocycles. The van der Waals surface area contributed by atoms with Gasteiger partial charge in [0.05, 0.1) is 13.2 Å². The minimum atomic E-state index is -0.582. The van der Waals surface area contributed by atoms with Gasteiger partial charge in [-0.2, -0.15) is 0 Å². The van der Waals surface area contributed by atoms with E-state index in [0.717, 1.165) is 24.7 Å². The third-order valence-corrected chi connectivity index (χ3v) is 4.57. The average Bonchev–Trinajstić information content (AvgIpc) is 2.69. The van der Waals surface area contributed by atoms with Crippen molar-refractivity contribution in [3.8, 4) is 5.75 Å². The van der Waals surface area contributed by atoms with Crippen molar-refractivity contribution in [3.63, 3.8) is 0 Å². The van der Waals surface area contributed by atoms with Crippen LogP contribution in [0.15, 0.2) is 42.5 Å². The summed E-state index contributed by atoms with van der Waals surface area (Å²) in [4.78, 5) is 2.16. The summed E-state index contributed by atoms with van der Waals surface area (Å²) in [6.07, 6.45) is -0.568. The molecule has 1 atom stereocenters. The zero-order valence-electron chi connectivity index (χ0n) is 15.7. The number of rotatable bonds is 9. The number of aliphatic hydroxyl groups is 1. The SMILES string of the molecule is O[C@@H](COc1cccc(CNCc2ccc(F)cc2F)c1)CN1CCOCC1. The van der Waals surface area contributed by atoms with Crippen LogP contribution in [0.3, 0.4) is 0 Å². The molecule has 0 saturated carbocycles. The molecule has 2 aromatic carbocycles. The second-order valence-corrected chi connectivity index (χ2v) is 6.86. The van der Waals surface area contributed by atoms with Gasteiger partial charge in [0.2, 0.25) is 0 Å². The van der Waals surface area contributed by atoms with Crippen LogP contribution in [0, 0.1) is 11.6 Å². The Bertz CT molecular complexity index is 754. The number of ether oxygens (including phenoxy) is 2. The zero-order chi connectivity index (χ0) is 19.8. The van der Waals surface area contributed by atoms with Crippen molar-refractivity contribution in [3.05, 3.63) is 65.2 Å². The molecule has 0 unspecified atom stereocenters. The number of nitrogens with one attached hydrogen (secondary N) is 1. The van der Waals surface area contributed by atoms with Gasteiger partial charge in [0.15, 0.2) is 0 Å². The molecule has 1 aliphatic rings. The minimum absolute atomic E-state index is 0.217. The summed E-state index contributed by atoms with van der Waals surface area (Å²) in [6, 6.07) is 11.1. The van der Waals surface area contributed by atoms with Gasteiger partial charge < -0.3 is 19.9 Å². The maximum atomic E-state index is 13.7. The highest BCUT2D eigenvalue weighted by molar-refractivity contribution is 5.28. The molecule has 0 spiro atoms. The molecular weight excluding hydrogens is 366 g/mol. The van der Waals surface area contributed by atoms with Gasteiger partial charge >= 0.3 is 0 Å². The Hall–Kier alpha value is -2.06. The van der Waals surface area contributed by atoms with Gasteiger partial charge in [-0.25, -0.2) is 8.78 Å². The van der Waals surface area contributed by atoms with Gasteiger partial charge in [-0.3, -0.25) is 4.90 Å². The molecule has 1 saturated heterocycles. The number of aliphatic hydroxyl groups excluding tert-OH is 1. The van der Waals surface area contributed by atoms with E-state index in [9.17, 15) is 13.9 Å². The van der Waals surface area contributed by atoms with E-state index < -0.39 is 17.7 Å². The fourth-order valence-electron chi connectivity index (χ4n) is 3.08. The smallest absolute Gasteiger partial charge is 0.130 e. The standard InChI is InChI=1S/C21H26F2N2O3/c22-18-5-4-17(21(23)11-18)13-24-12-16-2-1-3-20(10-16)28-15-19(26)14-25-6-8-27-9-7-25/h1-5,10-11,19,24,26H,6-9,12-15H2/t19-/m1/s1. The normalized spacial score (nSPS) is 16.1. The fourth-order valence-corrected chi connectivity index (χ4v) is 3.08. The van der Waals surface area contributed by atoms with Crippen molar-refractivity contribution in [1.29, 1.82) is 0 Å². The van der Waals surface area contributed by atoms with Gasteiger partial charge in [-0.15, -0.1) is 0 Å².